The molecule has 0 saturated heterocycles. The van der Waals surface area contributed by atoms with Crippen LogP contribution in [0.5, 0.6) is 0 Å². The molecule has 1 unspecified atom stereocenters. The van der Waals surface area contributed by atoms with E-state index in [4.69, 9.17) is 0 Å². The lowest BCUT2D eigenvalue weighted by atomic mass is 10.1. The van der Waals surface area contributed by atoms with Gasteiger partial charge in [-0.1, -0.05) is 30.3 Å². The monoisotopic (exact) mass is 400 g/mol. The number of aromatic nitrogens is 5. The number of nitrogens with one attached hydrogen (secondary N) is 1. The van der Waals surface area contributed by atoms with Crippen LogP contribution in [0.3, 0.4) is 0 Å². The van der Waals surface area contributed by atoms with Crippen LogP contribution >= 0.6 is 0 Å². The molecule has 7 nitrogen and oxygen atoms in total. The van der Waals surface area contributed by atoms with E-state index in [2.05, 4.69) is 32.4 Å². The van der Waals surface area contributed by atoms with Crippen LogP contribution in [0.2, 0.25) is 0 Å². The first-order valence-electron chi connectivity index (χ1n) is 10.3. The van der Waals surface area contributed by atoms with E-state index in [0.29, 0.717) is 11.5 Å². The molecule has 4 aromatic rings. The van der Waals surface area contributed by atoms with Gasteiger partial charge in [0, 0.05) is 32.2 Å². The van der Waals surface area contributed by atoms with E-state index < -0.39 is 0 Å². The molecule has 1 aliphatic carbocycles. The maximum absolute atomic E-state index is 12.9. The van der Waals surface area contributed by atoms with E-state index in [1.54, 1.807) is 18.7 Å². The van der Waals surface area contributed by atoms with E-state index >= 15 is 0 Å². The van der Waals surface area contributed by atoms with Crippen LogP contribution in [0.1, 0.15) is 40.6 Å². The molecule has 3 heterocycles. The highest BCUT2D eigenvalue weighted by Gasteiger charge is 2.36. The number of hydrogen-bond donors (Lipinski definition) is 1. The van der Waals surface area contributed by atoms with Crippen molar-refractivity contribution in [3.63, 3.8) is 0 Å². The van der Waals surface area contributed by atoms with Crippen molar-refractivity contribution in [2.45, 2.75) is 31.8 Å². The molecule has 1 aromatic carbocycles. The number of imidazole rings is 2. The lowest BCUT2D eigenvalue weighted by molar-refractivity contribution is 0.0928. The van der Waals surface area contributed by atoms with Gasteiger partial charge in [-0.2, -0.15) is 0 Å². The highest BCUT2D eigenvalue weighted by Crippen LogP contribution is 2.40. The first-order valence-corrected chi connectivity index (χ1v) is 10.3. The molecule has 30 heavy (non-hydrogen) atoms. The lowest BCUT2D eigenvalue weighted by Crippen LogP contribution is -2.31. The van der Waals surface area contributed by atoms with Crippen molar-refractivity contribution in [2.24, 2.45) is 13.0 Å². The number of amides is 1. The van der Waals surface area contributed by atoms with Gasteiger partial charge in [-0.25, -0.2) is 15.0 Å². The Morgan fingerprint density at radius 2 is 2.03 bits per heavy atom. The number of benzene rings is 1. The number of fused-ring (bicyclic) bond motifs is 1. The zero-order valence-electron chi connectivity index (χ0n) is 16.9. The summed E-state index contributed by atoms with van der Waals surface area (Å²) in [7, 11) is 1.96. The first kappa shape index (κ1) is 18.5. The van der Waals surface area contributed by atoms with Crippen molar-refractivity contribution in [1.82, 2.24) is 29.4 Å². The smallest absolute Gasteiger partial charge is 0.253 e. The topological polar surface area (TPSA) is 77.6 Å². The third-order valence-corrected chi connectivity index (χ3v) is 5.72. The number of pyridine rings is 1. The minimum atomic E-state index is -0.136. The van der Waals surface area contributed by atoms with Gasteiger partial charge in [-0.3, -0.25) is 4.79 Å². The molecular formula is C23H24N6O. The second-order valence-electron chi connectivity index (χ2n) is 7.93. The summed E-state index contributed by atoms with van der Waals surface area (Å²) in [5.41, 5.74) is 3.33. The Hall–Kier alpha value is -3.48. The SMILES string of the molecule is Cn1ccnc1C(NC(=O)c1cnc2c(c1)ncn2CCc1ccccc1)C1CC1. The Labute approximate surface area is 174 Å². The van der Waals surface area contributed by atoms with E-state index in [1.165, 1.54) is 5.56 Å². The molecule has 5 rings (SSSR count). The van der Waals surface area contributed by atoms with Crippen LogP contribution in [0, 0.1) is 5.92 Å². The quantitative estimate of drug-likeness (QED) is 0.516. The van der Waals surface area contributed by atoms with Crippen molar-refractivity contribution < 1.29 is 4.79 Å². The maximum Gasteiger partial charge on any atom is 0.253 e. The molecular weight excluding hydrogens is 376 g/mol. The van der Waals surface area contributed by atoms with Crippen molar-refractivity contribution >= 4 is 17.1 Å². The van der Waals surface area contributed by atoms with Crippen molar-refractivity contribution in [3.8, 4) is 0 Å². The highest BCUT2D eigenvalue weighted by atomic mass is 16.1. The Bertz CT molecular complexity index is 1170. The predicted octanol–water partition coefficient (Wildman–Crippen LogP) is 3.29. The number of hydrogen-bond acceptors (Lipinski definition) is 4. The van der Waals surface area contributed by atoms with Gasteiger partial charge in [0.2, 0.25) is 0 Å². The molecule has 1 aliphatic rings. The summed E-state index contributed by atoms with van der Waals surface area (Å²) >= 11 is 0. The van der Waals surface area contributed by atoms with Crippen molar-refractivity contribution in [3.05, 3.63) is 78.3 Å². The molecule has 0 radical (unpaired) electrons. The van der Waals surface area contributed by atoms with Crippen molar-refractivity contribution in [2.75, 3.05) is 0 Å². The normalized spacial score (nSPS) is 14.7. The molecule has 3 aromatic heterocycles. The van der Waals surface area contributed by atoms with Crippen molar-refractivity contribution in [1.29, 1.82) is 0 Å². The number of nitrogens with zero attached hydrogens (tertiary/aromatic N) is 5. The summed E-state index contributed by atoms with van der Waals surface area (Å²) in [4.78, 5) is 26.4. The van der Waals surface area contributed by atoms with Crippen LogP contribution in [0.15, 0.2) is 61.3 Å². The first-order chi connectivity index (χ1) is 14.7. The summed E-state index contributed by atoms with van der Waals surface area (Å²) in [5, 5.41) is 3.16. The van der Waals surface area contributed by atoms with Gasteiger partial charge >= 0.3 is 0 Å². The summed E-state index contributed by atoms with van der Waals surface area (Å²) in [6.45, 7) is 0.794. The average molecular weight is 400 g/mol. The fourth-order valence-corrected chi connectivity index (χ4v) is 3.86. The highest BCUT2D eigenvalue weighted by molar-refractivity contribution is 5.96. The number of rotatable bonds is 7. The Kier molecular flexibility index (Phi) is 4.78. The van der Waals surface area contributed by atoms with Crippen LogP contribution in [-0.4, -0.2) is 30.0 Å². The molecule has 1 N–H and O–H groups in total. The lowest BCUT2D eigenvalue weighted by Gasteiger charge is -2.18. The molecule has 1 amide bonds. The maximum atomic E-state index is 12.9. The van der Waals surface area contributed by atoms with Gasteiger partial charge in [0.1, 0.15) is 11.3 Å². The fraction of sp³-hybridized carbons (Fsp3) is 0.304. The summed E-state index contributed by atoms with van der Waals surface area (Å²) in [6.07, 6.45) is 10.2. The molecule has 152 valence electrons. The molecule has 1 fully saturated rings. The van der Waals surface area contributed by atoms with Gasteiger partial charge in [0.25, 0.3) is 5.91 Å². The zero-order chi connectivity index (χ0) is 20.5. The molecule has 0 aliphatic heterocycles. The van der Waals surface area contributed by atoms with Gasteiger partial charge in [-0.05, 0) is 36.8 Å². The second kappa shape index (κ2) is 7.74. The van der Waals surface area contributed by atoms with E-state index in [0.717, 1.165) is 42.8 Å². The minimum absolute atomic E-state index is 0.0726. The second-order valence-corrected chi connectivity index (χ2v) is 7.93. The molecule has 1 saturated carbocycles. The Morgan fingerprint density at radius 3 is 2.77 bits per heavy atom. The zero-order valence-corrected chi connectivity index (χ0v) is 16.9. The largest absolute Gasteiger partial charge is 0.342 e. The summed E-state index contributed by atoms with van der Waals surface area (Å²) in [5.74, 6) is 1.21. The van der Waals surface area contributed by atoms with Crippen LogP contribution in [-0.2, 0) is 20.0 Å². The number of carbonyl (C=O) groups is 1. The third-order valence-electron chi connectivity index (χ3n) is 5.72. The van der Waals surface area contributed by atoms with E-state index in [9.17, 15) is 4.79 Å². The van der Waals surface area contributed by atoms with Crippen LogP contribution in [0.25, 0.3) is 11.2 Å². The third kappa shape index (κ3) is 3.70. The Morgan fingerprint density at radius 1 is 1.20 bits per heavy atom. The molecule has 0 bridgehead atoms. The van der Waals surface area contributed by atoms with Gasteiger partial charge in [-0.15, -0.1) is 0 Å². The number of aryl methyl sites for hydroxylation is 3. The van der Waals surface area contributed by atoms with Crippen LogP contribution < -0.4 is 5.32 Å². The summed E-state index contributed by atoms with van der Waals surface area (Å²) in [6, 6.07) is 12.1. The standard InChI is InChI=1S/C23H24N6O/c1-28-12-10-24-22(28)20(17-7-8-17)27-23(30)18-13-19-21(25-14-18)29(15-26-19)11-9-16-5-3-2-4-6-16/h2-6,10,12-15,17,20H,7-9,11H2,1H3,(H,27,30). The number of carbonyl (C=O) groups excluding carboxylic acids is 1. The van der Waals surface area contributed by atoms with E-state index in [-0.39, 0.29) is 11.9 Å². The molecule has 1 atom stereocenters. The van der Waals surface area contributed by atoms with Gasteiger partial charge in [0.05, 0.1) is 17.9 Å². The summed E-state index contributed by atoms with van der Waals surface area (Å²) < 4.78 is 4.00. The predicted molar refractivity (Wildman–Crippen MR) is 114 cm³/mol. The van der Waals surface area contributed by atoms with Gasteiger partial charge < -0.3 is 14.5 Å². The molecule has 0 spiro atoms. The Balaban J connectivity index is 1.32. The average Bonchev–Trinajstić information content (AvgIpc) is 3.40. The van der Waals surface area contributed by atoms with E-state index in [1.807, 2.05) is 46.6 Å². The molecule has 7 heteroatoms. The fourth-order valence-electron chi connectivity index (χ4n) is 3.86. The minimum Gasteiger partial charge on any atom is -0.342 e. The van der Waals surface area contributed by atoms with Gasteiger partial charge in [0.15, 0.2) is 5.65 Å². The van der Waals surface area contributed by atoms with Crippen LogP contribution in [0.4, 0.5) is 0 Å².